The molecule has 0 fully saturated rings. The van der Waals surface area contributed by atoms with E-state index in [4.69, 9.17) is 4.42 Å². The quantitative estimate of drug-likeness (QED) is 0.396. The summed E-state index contributed by atoms with van der Waals surface area (Å²) in [5, 5.41) is 8.53. The fourth-order valence-corrected chi connectivity index (χ4v) is 3.78. The average molecular weight is 418 g/mol. The van der Waals surface area contributed by atoms with Crippen LogP contribution in [0.4, 0.5) is 13.2 Å². The first kappa shape index (κ1) is 19.5. The van der Waals surface area contributed by atoms with E-state index in [1.54, 1.807) is 0 Å². The Balaban J connectivity index is 1.70. The van der Waals surface area contributed by atoms with Gasteiger partial charge in [-0.15, -0.1) is 10.2 Å². The van der Waals surface area contributed by atoms with E-state index in [1.807, 2.05) is 41.8 Å². The Kier molecular flexibility index (Phi) is 5.31. The number of hydrogen-bond donors (Lipinski definition) is 0. The Morgan fingerprint density at radius 1 is 1.03 bits per heavy atom. The van der Waals surface area contributed by atoms with E-state index in [1.165, 1.54) is 17.8 Å². The van der Waals surface area contributed by atoms with Gasteiger partial charge in [-0.25, -0.2) is 4.98 Å². The van der Waals surface area contributed by atoms with Crippen molar-refractivity contribution in [2.75, 3.05) is 0 Å². The molecule has 150 valence electrons. The molecule has 0 unspecified atom stereocenters. The Morgan fingerprint density at radius 2 is 1.79 bits per heavy atom. The van der Waals surface area contributed by atoms with Crippen LogP contribution in [0, 0.1) is 0 Å². The highest BCUT2D eigenvalue weighted by Gasteiger charge is 2.31. The maximum Gasteiger partial charge on any atom is 0.416 e. The third-order valence-electron chi connectivity index (χ3n) is 4.36. The molecule has 0 aliphatic heterocycles. The van der Waals surface area contributed by atoms with Gasteiger partial charge in [-0.1, -0.05) is 49.0 Å². The molecular formula is C20H17F3N4OS. The topological polar surface area (TPSA) is 56.7 Å². The minimum atomic E-state index is -4.41. The lowest BCUT2D eigenvalue weighted by molar-refractivity contribution is -0.137. The molecule has 0 saturated heterocycles. The van der Waals surface area contributed by atoms with Crippen molar-refractivity contribution in [2.24, 2.45) is 0 Å². The predicted molar refractivity (Wildman–Crippen MR) is 104 cm³/mol. The maximum absolute atomic E-state index is 13.1. The highest BCUT2D eigenvalue weighted by Crippen LogP contribution is 2.33. The lowest BCUT2D eigenvalue weighted by Gasteiger charge is -2.09. The summed E-state index contributed by atoms with van der Waals surface area (Å²) in [5.74, 6) is 1.39. The molecular weight excluding hydrogens is 401 g/mol. The van der Waals surface area contributed by atoms with Crippen molar-refractivity contribution in [1.29, 1.82) is 0 Å². The van der Waals surface area contributed by atoms with Crippen molar-refractivity contribution < 1.29 is 17.6 Å². The number of aromatic nitrogens is 4. The lowest BCUT2D eigenvalue weighted by atomic mass is 10.2. The third kappa shape index (κ3) is 4.29. The van der Waals surface area contributed by atoms with Crippen LogP contribution in [0.15, 0.2) is 58.1 Å². The van der Waals surface area contributed by atoms with Crippen LogP contribution in [0.25, 0.3) is 11.0 Å². The number of fused-ring (bicyclic) bond motifs is 1. The Labute approximate surface area is 169 Å². The molecule has 29 heavy (non-hydrogen) atoms. The van der Waals surface area contributed by atoms with Gasteiger partial charge in [0.1, 0.15) is 0 Å². The summed E-state index contributed by atoms with van der Waals surface area (Å²) in [6.07, 6.45) is -3.77. The first-order chi connectivity index (χ1) is 13.9. The van der Waals surface area contributed by atoms with Crippen molar-refractivity contribution in [2.45, 2.75) is 37.0 Å². The molecule has 0 radical (unpaired) electrons. The molecule has 0 amide bonds. The van der Waals surface area contributed by atoms with E-state index in [9.17, 15) is 13.2 Å². The molecule has 0 bridgehead atoms. The standard InChI is InChI=1S/C20H17F3N4OS/c1-2-17-25-26-18(28-17)12-29-19-24-15-10-14(20(21,22)23)8-9-16(15)27(19)11-13-6-4-3-5-7-13/h3-10H,2,11-12H2,1H3. The van der Waals surface area contributed by atoms with Gasteiger partial charge in [0, 0.05) is 6.42 Å². The molecule has 2 aromatic heterocycles. The van der Waals surface area contributed by atoms with E-state index in [0.29, 0.717) is 46.7 Å². The number of imidazole rings is 1. The molecule has 5 nitrogen and oxygen atoms in total. The zero-order chi connectivity index (χ0) is 20.4. The van der Waals surface area contributed by atoms with Gasteiger partial charge in [0.05, 0.1) is 28.9 Å². The number of benzene rings is 2. The van der Waals surface area contributed by atoms with Crippen LogP contribution in [-0.2, 0) is 24.9 Å². The molecule has 2 aromatic carbocycles. The predicted octanol–water partition coefficient (Wildman–Crippen LogP) is 5.34. The second-order valence-electron chi connectivity index (χ2n) is 6.40. The van der Waals surface area contributed by atoms with E-state index < -0.39 is 11.7 Å². The van der Waals surface area contributed by atoms with Crippen LogP contribution in [0.2, 0.25) is 0 Å². The summed E-state index contributed by atoms with van der Waals surface area (Å²) in [7, 11) is 0. The Hall–Kier alpha value is -2.81. The summed E-state index contributed by atoms with van der Waals surface area (Å²) < 4.78 is 46.8. The molecule has 2 heterocycles. The van der Waals surface area contributed by atoms with Crippen molar-refractivity contribution in [3.63, 3.8) is 0 Å². The van der Waals surface area contributed by atoms with Gasteiger partial charge in [0.25, 0.3) is 0 Å². The number of thioether (sulfide) groups is 1. The number of nitrogens with zero attached hydrogens (tertiary/aromatic N) is 4. The first-order valence-electron chi connectivity index (χ1n) is 8.99. The Morgan fingerprint density at radius 3 is 2.48 bits per heavy atom. The molecule has 9 heteroatoms. The van der Waals surface area contributed by atoms with Gasteiger partial charge < -0.3 is 8.98 Å². The van der Waals surface area contributed by atoms with Crippen molar-refractivity contribution >= 4 is 22.8 Å². The smallest absolute Gasteiger partial charge is 0.416 e. The van der Waals surface area contributed by atoms with Gasteiger partial charge in [-0.05, 0) is 23.8 Å². The van der Waals surface area contributed by atoms with Crippen LogP contribution in [0.3, 0.4) is 0 Å². The average Bonchev–Trinajstić information content (AvgIpc) is 3.30. The van der Waals surface area contributed by atoms with Crippen LogP contribution in [0.1, 0.15) is 29.8 Å². The molecule has 0 spiro atoms. The molecule has 0 aliphatic rings. The number of aryl methyl sites for hydroxylation is 1. The van der Waals surface area contributed by atoms with Crippen LogP contribution >= 0.6 is 11.8 Å². The van der Waals surface area contributed by atoms with Crippen LogP contribution < -0.4 is 0 Å². The first-order valence-corrected chi connectivity index (χ1v) is 9.98. The van der Waals surface area contributed by atoms with Crippen molar-refractivity contribution in [3.05, 3.63) is 71.4 Å². The molecule has 0 atom stereocenters. The number of halogens is 3. The zero-order valence-corrected chi connectivity index (χ0v) is 16.3. The summed E-state index contributed by atoms with van der Waals surface area (Å²) in [5.41, 5.74) is 1.26. The van der Waals surface area contributed by atoms with E-state index in [0.717, 1.165) is 17.7 Å². The van der Waals surface area contributed by atoms with E-state index >= 15 is 0 Å². The van der Waals surface area contributed by atoms with Crippen LogP contribution in [-0.4, -0.2) is 19.7 Å². The zero-order valence-electron chi connectivity index (χ0n) is 15.5. The normalized spacial score (nSPS) is 12.0. The van der Waals surface area contributed by atoms with Gasteiger partial charge in [0.15, 0.2) is 5.16 Å². The van der Waals surface area contributed by atoms with Gasteiger partial charge >= 0.3 is 6.18 Å². The largest absolute Gasteiger partial charge is 0.424 e. The minimum Gasteiger partial charge on any atom is -0.424 e. The fraction of sp³-hybridized carbons (Fsp3) is 0.250. The van der Waals surface area contributed by atoms with Crippen LogP contribution in [0.5, 0.6) is 0 Å². The summed E-state index contributed by atoms with van der Waals surface area (Å²) in [4.78, 5) is 4.46. The molecule has 4 rings (SSSR count). The molecule has 0 saturated carbocycles. The Bertz CT molecular complexity index is 1120. The fourth-order valence-electron chi connectivity index (χ4n) is 2.93. The highest BCUT2D eigenvalue weighted by molar-refractivity contribution is 7.98. The van der Waals surface area contributed by atoms with Crippen molar-refractivity contribution in [1.82, 2.24) is 19.7 Å². The summed E-state index contributed by atoms with van der Waals surface area (Å²) in [6.45, 7) is 2.41. The third-order valence-corrected chi connectivity index (χ3v) is 5.32. The van der Waals surface area contributed by atoms with Gasteiger partial charge in [-0.3, -0.25) is 0 Å². The maximum atomic E-state index is 13.1. The minimum absolute atomic E-state index is 0.304. The molecule has 0 N–H and O–H groups in total. The second kappa shape index (κ2) is 7.90. The van der Waals surface area contributed by atoms with E-state index in [2.05, 4.69) is 15.2 Å². The number of hydrogen-bond acceptors (Lipinski definition) is 5. The molecule has 4 aromatic rings. The summed E-state index contributed by atoms with van der Waals surface area (Å²) in [6, 6.07) is 13.4. The highest BCUT2D eigenvalue weighted by atomic mass is 32.2. The van der Waals surface area contributed by atoms with Crippen molar-refractivity contribution in [3.8, 4) is 0 Å². The van der Waals surface area contributed by atoms with Gasteiger partial charge in [0.2, 0.25) is 11.8 Å². The SMILES string of the molecule is CCc1nnc(CSc2nc3cc(C(F)(F)F)ccc3n2Cc2ccccc2)o1. The van der Waals surface area contributed by atoms with E-state index in [-0.39, 0.29) is 0 Å². The number of rotatable bonds is 6. The molecule has 0 aliphatic carbocycles. The van der Waals surface area contributed by atoms with Gasteiger partial charge in [-0.2, -0.15) is 13.2 Å². The summed E-state index contributed by atoms with van der Waals surface area (Å²) >= 11 is 1.36. The second-order valence-corrected chi connectivity index (χ2v) is 7.34. The lowest BCUT2D eigenvalue weighted by Crippen LogP contribution is -2.05. The monoisotopic (exact) mass is 418 g/mol. The number of alkyl halides is 3.